The molecule has 0 unspecified atom stereocenters. The quantitative estimate of drug-likeness (QED) is 0.662. The molecular formula is C12H16F2N2O3. The minimum absolute atomic E-state index is 0.0580. The Kier molecular flexibility index (Phi) is 4.77. The second-order valence-electron chi connectivity index (χ2n) is 5.03. The minimum Gasteiger partial charge on any atom is -0.434 e. The van der Waals surface area contributed by atoms with Crippen LogP contribution in [-0.4, -0.2) is 17.1 Å². The number of hydrogen-bond acceptors (Lipinski definition) is 4. The fourth-order valence-corrected chi connectivity index (χ4v) is 1.39. The molecule has 1 rings (SSSR count). The van der Waals surface area contributed by atoms with Crippen LogP contribution in [0.15, 0.2) is 18.2 Å². The molecule has 1 N–H and O–H groups in total. The highest BCUT2D eigenvalue weighted by molar-refractivity contribution is 5.43. The number of non-ortho nitro benzene ring substituents is 1. The van der Waals surface area contributed by atoms with E-state index < -0.39 is 11.5 Å². The van der Waals surface area contributed by atoms with Crippen molar-refractivity contribution in [3.8, 4) is 5.75 Å². The number of rotatable bonds is 5. The Morgan fingerprint density at radius 2 is 2.05 bits per heavy atom. The summed E-state index contributed by atoms with van der Waals surface area (Å²) in [4.78, 5) is 10.1. The highest BCUT2D eigenvalue weighted by atomic mass is 19.3. The van der Waals surface area contributed by atoms with E-state index in [1.807, 2.05) is 20.8 Å². The van der Waals surface area contributed by atoms with Gasteiger partial charge in [0.15, 0.2) is 0 Å². The van der Waals surface area contributed by atoms with Crippen molar-refractivity contribution in [3.63, 3.8) is 0 Å². The molecule has 0 saturated heterocycles. The Bertz CT molecular complexity index is 459. The predicted molar refractivity (Wildman–Crippen MR) is 66.3 cm³/mol. The van der Waals surface area contributed by atoms with Crippen molar-refractivity contribution in [3.05, 3.63) is 33.9 Å². The maximum Gasteiger partial charge on any atom is 0.387 e. The smallest absolute Gasteiger partial charge is 0.387 e. The normalized spacial score (nSPS) is 11.7. The van der Waals surface area contributed by atoms with Crippen LogP contribution in [0.4, 0.5) is 14.5 Å². The second-order valence-corrected chi connectivity index (χ2v) is 5.03. The molecule has 0 amide bonds. The third kappa shape index (κ3) is 5.17. The Hall–Kier alpha value is -1.76. The summed E-state index contributed by atoms with van der Waals surface area (Å²) in [6.07, 6.45) is 0. The predicted octanol–water partition coefficient (Wildman–Crippen LogP) is 3.08. The summed E-state index contributed by atoms with van der Waals surface area (Å²) in [6, 6.07) is 3.55. The van der Waals surface area contributed by atoms with Gasteiger partial charge in [-0.25, -0.2) is 0 Å². The summed E-state index contributed by atoms with van der Waals surface area (Å²) in [5, 5.41) is 13.8. The van der Waals surface area contributed by atoms with Crippen LogP contribution in [0, 0.1) is 10.1 Å². The number of hydrogen-bond donors (Lipinski definition) is 1. The van der Waals surface area contributed by atoms with E-state index in [1.54, 1.807) is 0 Å². The van der Waals surface area contributed by atoms with E-state index in [-0.39, 0.29) is 23.5 Å². The van der Waals surface area contributed by atoms with Crippen molar-refractivity contribution in [1.29, 1.82) is 0 Å². The Morgan fingerprint density at radius 1 is 1.42 bits per heavy atom. The average Bonchev–Trinajstić information content (AvgIpc) is 2.25. The van der Waals surface area contributed by atoms with Crippen LogP contribution in [-0.2, 0) is 6.54 Å². The summed E-state index contributed by atoms with van der Waals surface area (Å²) >= 11 is 0. The van der Waals surface area contributed by atoms with E-state index in [4.69, 9.17) is 0 Å². The largest absolute Gasteiger partial charge is 0.434 e. The van der Waals surface area contributed by atoms with Gasteiger partial charge in [-0.15, -0.1) is 0 Å². The van der Waals surface area contributed by atoms with Gasteiger partial charge in [-0.3, -0.25) is 10.1 Å². The van der Waals surface area contributed by atoms with Crippen LogP contribution < -0.4 is 10.1 Å². The summed E-state index contributed by atoms with van der Waals surface area (Å²) in [5.74, 6) is -0.0580. The molecule has 0 aliphatic heterocycles. The first kappa shape index (κ1) is 15.3. The van der Waals surface area contributed by atoms with Gasteiger partial charge in [0, 0.05) is 29.8 Å². The molecule has 0 bridgehead atoms. The lowest BCUT2D eigenvalue weighted by Crippen LogP contribution is -2.35. The molecule has 5 nitrogen and oxygen atoms in total. The maximum absolute atomic E-state index is 12.3. The van der Waals surface area contributed by atoms with Gasteiger partial charge in [-0.1, -0.05) is 0 Å². The molecule has 1 aromatic carbocycles. The van der Waals surface area contributed by atoms with Gasteiger partial charge in [0.25, 0.3) is 5.69 Å². The maximum atomic E-state index is 12.3. The molecule has 0 fully saturated rings. The number of nitro groups is 1. The molecule has 106 valence electrons. The van der Waals surface area contributed by atoms with E-state index in [0.29, 0.717) is 5.56 Å². The SMILES string of the molecule is CC(C)(C)NCc1cc([N+](=O)[O-])ccc1OC(F)F. The third-order valence-corrected chi connectivity index (χ3v) is 2.28. The zero-order chi connectivity index (χ0) is 14.6. The molecule has 19 heavy (non-hydrogen) atoms. The van der Waals surface area contributed by atoms with Gasteiger partial charge in [-0.2, -0.15) is 8.78 Å². The topological polar surface area (TPSA) is 64.4 Å². The average molecular weight is 274 g/mol. The summed E-state index contributed by atoms with van der Waals surface area (Å²) < 4.78 is 28.9. The lowest BCUT2D eigenvalue weighted by Gasteiger charge is -2.21. The van der Waals surface area contributed by atoms with E-state index in [9.17, 15) is 18.9 Å². The molecule has 0 atom stereocenters. The number of alkyl halides is 2. The van der Waals surface area contributed by atoms with Crippen molar-refractivity contribution in [2.24, 2.45) is 0 Å². The van der Waals surface area contributed by atoms with Gasteiger partial charge in [0.2, 0.25) is 0 Å². The van der Waals surface area contributed by atoms with E-state index in [2.05, 4.69) is 10.1 Å². The van der Waals surface area contributed by atoms with E-state index in [1.165, 1.54) is 12.1 Å². The fourth-order valence-electron chi connectivity index (χ4n) is 1.39. The summed E-state index contributed by atoms with van der Waals surface area (Å²) in [6.45, 7) is 2.94. The molecule has 1 aromatic rings. The zero-order valence-electron chi connectivity index (χ0n) is 10.9. The molecule has 0 spiro atoms. The fraction of sp³-hybridized carbons (Fsp3) is 0.500. The lowest BCUT2D eigenvalue weighted by atomic mass is 10.1. The summed E-state index contributed by atoms with van der Waals surface area (Å²) in [5.41, 5.74) is -0.0797. The first-order chi connectivity index (χ1) is 8.69. The Labute approximate surface area is 109 Å². The van der Waals surface area contributed by atoms with Gasteiger partial charge in [-0.05, 0) is 26.8 Å². The van der Waals surface area contributed by atoms with Crippen LogP contribution >= 0.6 is 0 Å². The van der Waals surface area contributed by atoms with Crippen molar-refractivity contribution >= 4 is 5.69 Å². The molecule has 0 heterocycles. The van der Waals surface area contributed by atoms with Crippen LogP contribution in [0.3, 0.4) is 0 Å². The van der Waals surface area contributed by atoms with Crippen LogP contribution in [0.1, 0.15) is 26.3 Å². The Balaban J connectivity index is 3.00. The monoisotopic (exact) mass is 274 g/mol. The first-order valence-corrected chi connectivity index (χ1v) is 5.66. The second kappa shape index (κ2) is 5.92. The lowest BCUT2D eigenvalue weighted by molar-refractivity contribution is -0.385. The number of halogens is 2. The van der Waals surface area contributed by atoms with E-state index in [0.717, 1.165) is 6.07 Å². The highest BCUT2D eigenvalue weighted by Gasteiger charge is 2.17. The molecule has 0 radical (unpaired) electrons. The molecule has 0 aromatic heterocycles. The van der Waals surface area contributed by atoms with Crippen LogP contribution in [0.2, 0.25) is 0 Å². The molecular weight excluding hydrogens is 258 g/mol. The zero-order valence-corrected chi connectivity index (χ0v) is 10.9. The molecule has 0 saturated carbocycles. The molecule has 0 aliphatic carbocycles. The summed E-state index contributed by atoms with van der Waals surface area (Å²) in [7, 11) is 0. The van der Waals surface area contributed by atoms with Crippen LogP contribution in [0.25, 0.3) is 0 Å². The van der Waals surface area contributed by atoms with Crippen molar-refractivity contribution in [2.45, 2.75) is 39.5 Å². The number of benzene rings is 1. The van der Waals surface area contributed by atoms with Gasteiger partial charge in [0.1, 0.15) is 5.75 Å². The molecule has 0 aliphatic rings. The number of nitrogens with zero attached hydrogens (tertiary/aromatic N) is 1. The van der Waals surface area contributed by atoms with Gasteiger partial charge < -0.3 is 10.1 Å². The number of nitrogens with one attached hydrogen (secondary N) is 1. The van der Waals surface area contributed by atoms with E-state index >= 15 is 0 Å². The Morgan fingerprint density at radius 3 is 2.53 bits per heavy atom. The van der Waals surface area contributed by atoms with Crippen molar-refractivity contribution in [2.75, 3.05) is 0 Å². The third-order valence-electron chi connectivity index (χ3n) is 2.28. The minimum atomic E-state index is -2.96. The van der Waals surface area contributed by atoms with Gasteiger partial charge in [0.05, 0.1) is 4.92 Å². The number of ether oxygens (including phenoxy) is 1. The molecule has 7 heteroatoms. The first-order valence-electron chi connectivity index (χ1n) is 5.66. The van der Waals surface area contributed by atoms with Crippen molar-refractivity contribution < 1.29 is 18.4 Å². The number of nitro benzene ring substituents is 1. The highest BCUT2D eigenvalue weighted by Crippen LogP contribution is 2.26. The van der Waals surface area contributed by atoms with Gasteiger partial charge >= 0.3 is 6.61 Å². The van der Waals surface area contributed by atoms with Crippen molar-refractivity contribution in [1.82, 2.24) is 5.32 Å². The standard InChI is InChI=1S/C12H16F2N2O3/c1-12(2,3)15-7-8-6-9(16(17)18)4-5-10(8)19-11(13)14/h4-6,11,15H,7H2,1-3H3. The van der Waals surface area contributed by atoms with Crippen LogP contribution in [0.5, 0.6) is 5.75 Å².